The number of alkyl halides is 1. The fraction of sp³-hybridized carbons (Fsp3) is 1.00. The Balaban J connectivity index is 2.08. The van der Waals surface area contributed by atoms with E-state index in [1.807, 2.05) is 0 Å². The zero-order valence-corrected chi connectivity index (χ0v) is 6.16. The molecule has 0 aromatic heterocycles. The van der Waals surface area contributed by atoms with E-state index in [4.69, 9.17) is 16.3 Å². The fourth-order valence-corrected chi connectivity index (χ4v) is 1.20. The summed E-state index contributed by atoms with van der Waals surface area (Å²) in [5.41, 5.74) is 0. The van der Waals surface area contributed by atoms with Crippen LogP contribution >= 0.6 is 11.6 Å². The third-order valence-corrected chi connectivity index (χ3v) is 1.67. The minimum Gasteiger partial charge on any atom is -0.379 e. The zero-order chi connectivity index (χ0) is 6.53. The van der Waals surface area contributed by atoms with Crippen molar-refractivity contribution in [2.75, 3.05) is 25.6 Å². The Morgan fingerprint density at radius 2 is 2.56 bits per heavy atom. The highest BCUT2D eigenvalue weighted by Crippen LogP contribution is 1.98. The monoisotopic (exact) mass is 149 g/mol. The van der Waals surface area contributed by atoms with Crippen molar-refractivity contribution in [1.29, 1.82) is 0 Å². The topological polar surface area (TPSA) is 21.3 Å². The molecule has 0 amide bonds. The highest BCUT2D eigenvalue weighted by atomic mass is 35.5. The lowest BCUT2D eigenvalue weighted by Crippen LogP contribution is -2.41. The molecule has 1 aliphatic heterocycles. The van der Waals surface area contributed by atoms with E-state index in [-0.39, 0.29) is 0 Å². The van der Waals surface area contributed by atoms with Gasteiger partial charge in [0.05, 0.1) is 13.2 Å². The molecule has 0 spiro atoms. The SMILES string of the molecule is ClCCC1COCCN1. The molecule has 0 aliphatic carbocycles. The molecule has 0 bridgehead atoms. The summed E-state index contributed by atoms with van der Waals surface area (Å²) in [5.74, 6) is 0.723. The number of rotatable bonds is 2. The molecule has 1 fully saturated rings. The standard InChI is InChI=1S/C6H12ClNO/c7-2-1-6-5-9-4-3-8-6/h6,8H,1-5H2. The Morgan fingerprint density at radius 3 is 3.11 bits per heavy atom. The van der Waals surface area contributed by atoms with Crippen molar-refractivity contribution in [3.63, 3.8) is 0 Å². The number of hydrogen-bond acceptors (Lipinski definition) is 2. The van der Waals surface area contributed by atoms with Gasteiger partial charge in [-0.15, -0.1) is 11.6 Å². The average molecular weight is 150 g/mol. The lowest BCUT2D eigenvalue weighted by atomic mass is 10.2. The lowest BCUT2D eigenvalue weighted by molar-refractivity contribution is 0.0760. The van der Waals surface area contributed by atoms with Gasteiger partial charge in [-0.2, -0.15) is 0 Å². The van der Waals surface area contributed by atoms with E-state index in [0.29, 0.717) is 6.04 Å². The summed E-state index contributed by atoms with van der Waals surface area (Å²) in [5, 5.41) is 3.31. The fourth-order valence-electron chi connectivity index (χ4n) is 0.937. The third-order valence-electron chi connectivity index (χ3n) is 1.46. The van der Waals surface area contributed by atoms with Crippen LogP contribution in [0.25, 0.3) is 0 Å². The molecule has 3 heteroatoms. The second kappa shape index (κ2) is 4.09. The van der Waals surface area contributed by atoms with Gasteiger partial charge in [0.1, 0.15) is 0 Å². The summed E-state index contributed by atoms with van der Waals surface area (Å²) < 4.78 is 5.21. The lowest BCUT2D eigenvalue weighted by Gasteiger charge is -2.22. The van der Waals surface area contributed by atoms with Crippen molar-refractivity contribution < 1.29 is 4.74 Å². The maximum Gasteiger partial charge on any atom is 0.0620 e. The number of morpholine rings is 1. The maximum absolute atomic E-state index is 5.54. The van der Waals surface area contributed by atoms with Crippen molar-refractivity contribution in [3.05, 3.63) is 0 Å². The number of hydrogen-bond donors (Lipinski definition) is 1. The average Bonchev–Trinajstić information content (AvgIpc) is 1.91. The first-order valence-corrected chi connectivity index (χ1v) is 3.84. The van der Waals surface area contributed by atoms with Crippen LogP contribution in [0, 0.1) is 0 Å². The van der Waals surface area contributed by atoms with Crippen LogP contribution < -0.4 is 5.32 Å². The summed E-state index contributed by atoms with van der Waals surface area (Å²) in [7, 11) is 0. The molecule has 1 aliphatic rings. The van der Waals surface area contributed by atoms with Crippen molar-refractivity contribution >= 4 is 11.6 Å². The molecular weight excluding hydrogens is 138 g/mol. The van der Waals surface area contributed by atoms with E-state index in [9.17, 15) is 0 Å². The van der Waals surface area contributed by atoms with Crippen LogP contribution in [-0.4, -0.2) is 31.7 Å². The number of nitrogens with one attached hydrogen (secondary N) is 1. The molecule has 0 saturated carbocycles. The Kier molecular flexibility index (Phi) is 3.33. The van der Waals surface area contributed by atoms with Gasteiger partial charge in [0.2, 0.25) is 0 Å². The maximum atomic E-state index is 5.54. The van der Waals surface area contributed by atoms with Gasteiger partial charge in [-0.3, -0.25) is 0 Å². The van der Waals surface area contributed by atoms with E-state index in [1.54, 1.807) is 0 Å². The third kappa shape index (κ3) is 2.52. The molecule has 2 nitrogen and oxygen atoms in total. The molecule has 1 unspecified atom stereocenters. The van der Waals surface area contributed by atoms with Gasteiger partial charge in [0, 0.05) is 18.5 Å². The van der Waals surface area contributed by atoms with Crippen LogP contribution in [0.2, 0.25) is 0 Å². The van der Waals surface area contributed by atoms with Crippen molar-refractivity contribution in [2.24, 2.45) is 0 Å². The van der Waals surface area contributed by atoms with Gasteiger partial charge in [-0.05, 0) is 6.42 Å². The Hall–Kier alpha value is 0.210. The first kappa shape index (κ1) is 7.32. The second-order valence-corrected chi connectivity index (χ2v) is 2.58. The minimum atomic E-state index is 0.497. The van der Waals surface area contributed by atoms with E-state index < -0.39 is 0 Å². The Labute approximate surface area is 60.5 Å². The largest absolute Gasteiger partial charge is 0.379 e. The van der Waals surface area contributed by atoms with Crippen LogP contribution in [0.5, 0.6) is 0 Å². The molecule has 0 aromatic rings. The molecule has 0 radical (unpaired) electrons. The normalized spacial score (nSPS) is 28.3. The molecule has 54 valence electrons. The van der Waals surface area contributed by atoms with Crippen LogP contribution in [0.1, 0.15) is 6.42 Å². The molecule has 0 aromatic carbocycles. The van der Waals surface area contributed by atoms with Gasteiger partial charge in [-0.25, -0.2) is 0 Å². The summed E-state index contributed by atoms with van der Waals surface area (Å²) in [6.07, 6.45) is 1.02. The predicted molar refractivity (Wildman–Crippen MR) is 37.9 cm³/mol. The Bertz CT molecular complexity index is 70.7. The van der Waals surface area contributed by atoms with Crippen molar-refractivity contribution in [3.8, 4) is 0 Å². The van der Waals surface area contributed by atoms with Crippen LogP contribution in [0.3, 0.4) is 0 Å². The number of halogens is 1. The van der Waals surface area contributed by atoms with Gasteiger partial charge in [0.15, 0.2) is 0 Å². The molecule has 9 heavy (non-hydrogen) atoms. The number of ether oxygens (including phenoxy) is 1. The van der Waals surface area contributed by atoms with E-state index in [1.165, 1.54) is 0 Å². The van der Waals surface area contributed by atoms with Crippen LogP contribution in [-0.2, 0) is 4.74 Å². The van der Waals surface area contributed by atoms with E-state index >= 15 is 0 Å². The molecule has 1 saturated heterocycles. The first-order chi connectivity index (χ1) is 4.43. The van der Waals surface area contributed by atoms with Gasteiger partial charge < -0.3 is 10.1 Å². The smallest absolute Gasteiger partial charge is 0.0620 e. The summed E-state index contributed by atoms with van der Waals surface area (Å²) in [6, 6.07) is 0.497. The van der Waals surface area contributed by atoms with Crippen molar-refractivity contribution in [1.82, 2.24) is 5.32 Å². The molecule has 1 heterocycles. The molecular formula is C6H12ClNO. The van der Waals surface area contributed by atoms with Gasteiger partial charge >= 0.3 is 0 Å². The van der Waals surface area contributed by atoms with E-state index in [2.05, 4.69) is 5.32 Å². The second-order valence-electron chi connectivity index (χ2n) is 2.20. The Morgan fingerprint density at radius 1 is 1.67 bits per heavy atom. The van der Waals surface area contributed by atoms with Gasteiger partial charge in [-0.1, -0.05) is 0 Å². The van der Waals surface area contributed by atoms with Crippen LogP contribution in [0.15, 0.2) is 0 Å². The minimum absolute atomic E-state index is 0.497. The highest BCUT2D eigenvalue weighted by molar-refractivity contribution is 6.17. The van der Waals surface area contributed by atoms with Crippen molar-refractivity contribution in [2.45, 2.75) is 12.5 Å². The molecule has 1 N–H and O–H groups in total. The van der Waals surface area contributed by atoms with Gasteiger partial charge in [0.25, 0.3) is 0 Å². The van der Waals surface area contributed by atoms with Crippen LogP contribution in [0.4, 0.5) is 0 Å². The summed E-state index contributed by atoms with van der Waals surface area (Å²) in [4.78, 5) is 0. The predicted octanol–water partition coefficient (Wildman–Crippen LogP) is 0.604. The highest BCUT2D eigenvalue weighted by Gasteiger charge is 2.10. The molecule has 1 rings (SSSR count). The summed E-state index contributed by atoms with van der Waals surface area (Å²) >= 11 is 5.54. The molecule has 1 atom stereocenters. The first-order valence-electron chi connectivity index (χ1n) is 3.30. The quantitative estimate of drug-likeness (QED) is 0.581. The zero-order valence-electron chi connectivity index (χ0n) is 5.40. The summed E-state index contributed by atoms with van der Waals surface area (Å²) in [6.45, 7) is 2.65. The van der Waals surface area contributed by atoms with E-state index in [0.717, 1.165) is 32.1 Å².